The quantitative estimate of drug-likeness (QED) is 0.762. The number of halogens is 1. The topological polar surface area (TPSA) is 68.6 Å². The van der Waals surface area contributed by atoms with Crippen LogP contribution in [0.5, 0.6) is 5.75 Å². The fraction of sp³-hybridized carbons (Fsp3) is 0.200. The number of thioether (sulfide) groups is 1. The number of anilines is 1. The normalized spacial score (nSPS) is 23.9. The van der Waals surface area contributed by atoms with E-state index in [1.807, 2.05) is 36.2 Å². The first-order valence-corrected chi connectivity index (χ1v) is 9.76. The maximum Gasteiger partial charge on any atom is 0.341 e. The second kappa shape index (κ2) is 6.73. The van der Waals surface area contributed by atoms with Gasteiger partial charge in [0.05, 0.1) is 17.1 Å². The lowest BCUT2D eigenvalue weighted by Gasteiger charge is -2.32. The number of fused-ring (bicyclic) bond motifs is 2. The summed E-state index contributed by atoms with van der Waals surface area (Å²) in [5.41, 5.74) is 6.52. The Bertz CT molecular complexity index is 1040. The Hall–Kier alpha value is -2.68. The molecule has 2 aromatic rings. The number of ether oxygens (including phenoxy) is 1. The van der Waals surface area contributed by atoms with E-state index in [1.165, 1.54) is 6.07 Å². The third-order valence-corrected chi connectivity index (χ3v) is 6.21. The van der Waals surface area contributed by atoms with Gasteiger partial charge in [-0.3, -0.25) is 4.79 Å². The number of rotatable bonds is 2. The molecule has 1 amide bonds. The highest BCUT2D eigenvalue weighted by Gasteiger charge is 2.47. The van der Waals surface area contributed by atoms with Crippen molar-refractivity contribution < 1.29 is 13.9 Å². The van der Waals surface area contributed by atoms with Gasteiger partial charge < -0.3 is 10.1 Å². The van der Waals surface area contributed by atoms with Crippen molar-refractivity contribution in [3.63, 3.8) is 0 Å². The number of amidine groups is 1. The molecule has 1 radical (unpaired) electrons. The number of benzene rings is 2. The van der Waals surface area contributed by atoms with E-state index in [1.54, 1.807) is 30.1 Å². The summed E-state index contributed by atoms with van der Waals surface area (Å²) >= 11 is 1.56. The van der Waals surface area contributed by atoms with Gasteiger partial charge in [-0.25, -0.2) is 4.39 Å². The summed E-state index contributed by atoms with van der Waals surface area (Å²) in [6.45, 7) is 1.97. The van der Waals surface area contributed by atoms with Crippen LogP contribution < -0.4 is 20.5 Å². The fourth-order valence-corrected chi connectivity index (χ4v) is 4.81. The third-order valence-electron chi connectivity index (χ3n) is 4.91. The maximum absolute atomic E-state index is 14.6. The van der Waals surface area contributed by atoms with Crippen LogP contribution in [0.1, 0.15) is 29.3 Å². The molecule has 3 aliphatic heterocycles. The van der Waals surface area contributed by atoms with E-state index in [-0.39, 0.29) is 29.6 Å². The Kier molecular flexibility index (Phi) is 4.19. The second-order valence-electron chi connectivity index (χ2n) is 6.78. The molecule has 141 valence electrons. The Morgan fingerprint density at radius 1 is 1.29 bits per heavy atom. The number of allylic oxidation sites excluding steroid dienone is 1. The molecule has 0 aromatic heterocycles. The monoisotopic (exact) mass is 396 g/mol. The summed E-state index contributed by atoms with van der Waals surface area (Å²) in [7, 11) is 0. The van der Waals surface area contributed by atoms with Crippen LogP contribution in [-0.4, -0.2) is 17.7 Å². The van der Waals surface area contributed by atoms with Crippen molar-refractivity contribution in [1.82, 2.24) is 10.4 Å². The van der Waals surface area contributed by atoms with Crippen molar-refractivity contribution in [2.75, 3.05) is 11.9 Å². The molecule has 1 saturated heterocycles. The van der Waals surface area contributed by atoms with Crippen molar-refractivity contribution in [3.05, 3.63) is 71.3 Å². The SMILES string of the molecule is CC1=CN=C2SC(c3ccc4c(c3)NC(=O)CO4)C(c3ccccc3F)N[N+]12. The molecule has 6 nitrogen and oxygen atoms in total. The average Bonchev–Trinajstić information content (AvgIpc) is 3.07. The number of hydrogen-bond acceptors (Lipinski definition) is 6. The van der Waals surface area contributed by atoms with Crippen LogP contribution >= 0.6 is 11.8 Å². The zero-order valence-corrected chi connectivity index (χ0v) is 15.8. The number of hydrogen-bond donors (Lipinski definition) is 2. The molecule has 1 fully saturated rings. The van der Waals surface area contributed by atoms with Crippen LogP contribution in [0.2, 0.25) is 0 Å². The molecule has 0 spiro atoms. The molecule has 2 atom stereocenters. The van der Waals surface area contributed by atoms with E-state index in [0.717, 1.165) is 16.4 Å². The summed E-state index contributed by atoms with van der Waals surface area (Å²) in [6.07, 6.45) is 1.79. The van der Waals surface area contributed by atoms with Crippen LogP contribution in [0.25, 0.3) is 0 Å². The Morgan fingerprint density at radius 3 is 3.00 bits per heavy atom. The van der Waals surface area contributed by atoms with Gasteiger partial charge in [0, 0.05) is 17.5 Å². The van der Waals surface area contributed by atoms with Crippen LogP contribution in [0.4, 0.5) is 10.1 Å². The minimum absolute atomic E-state index is 0.0145. The lowest BCUT2D eigenvalue weighted by Crippen LogP contribution is -2.51. The van der Waals surface area contributed by atoms with Gasteiger partial charge in [0.15, 0.2) is 6.61 Å². The highest BCUT2D eigenvalue weighted by molar-refractivity contribution is 8.14. The van der Waals surface area contributed by atoms with E-state index in [2.05, 4.69) is 15.7 Å². The molecule has 0 aliphatic carbocycles. The van der Waals surface area contributed by atoms with E-state index in [0.29, 0.717) is 17.0 Å². The third kappa shape index (κ3) is 2.90. The number of hydrazine groups is 1. The summed E-state index contributed by atoms with van der Waals surface area (Å²) in [5, 5.41) is 5.40. The van der Waals surface area contributed by atoms with Gasteiger partial charge in [-0.1, -0.05) is 29.7 Å². The van der Waals surface area contributed by atoms with Gasteiger partial charge in [0.25, 0.3) is 5.91 Å². The van der Waals surface area contributed by atoms with Gasteiger partial charge in [-0.15, -0.1) is 0 Å². The Balaban J connectivity index is 1.57. The van der Waals surface area contributed by atoms with Crippen LogP contribution in [-0.2, 0) is 4.79 Å². The highest BCUT2D eigenvalue weighted by atomic mass is 32.2. The molecule has 0 bridgehead atoms. The standard InChI is InChI=1S/C20H17FN4O2S/c1-11-9-22-20-25(11)24-18(13-4-2-3-5-14(13)21)19(28-20)12-6-7-16-15(8-12)23-17(26)10-27-16/h2-9,18-19,24H,10H2,1H3,(H,23,26)/q+1. The molecule has 2 aromatic carbocycles. The number of amides is 1. The maximum atomic E-state index is 14.6. The molecule has 3 aliphatic rings. The van der Waals surface area contributed by atoms with Gasteiger partial charge in [-0.2, -0.15) is 4.99 Å². The minimum Gasteiger partial charge on any atom is -0.482 e. The Labute approximate surface area is 165 Å². The van der Waals surface area contributed by atoms with Crippen LogP contribution in [0.15, 0.2) is 59.4 Å². The molecular weight excluding hydrogens is 379 g/mol. The fourth-order valence-electron chi connectivity index (χ4n) is 3.54. The largest absolute Gasteiger partial charge is 0.482 e. The van der Waals surface area contributed by atoms with Gasteiger partial charge in [-0.05, 0) is 35.5 Å². The van der Waals surface area contributed by atoms with E-state index < -0.39 is 0 Å². The van der Waals surface area contributed by atoms with Crippen molar-refractivity contribution in [3.8, 4) is 5.75 Å². The zero-order chi connectivity index (χ0) is 19.3. The smallest absolute Gasteiger partial charge is 0.341 e. The van der Waals surface area contributed by atoms with Crippen molar-refractivity contribution >= 4 is 28.5 Å². The lowest BCUT2D eigenvalue weighted by molar-refractivity contribution is -0.118. The summed E-state index contributed by atoms with van der Waals surface area (Å²) in [4.78, 5) is 16.2. The van der Waals surface area contributed by atoms with Crippen LogP contribution in [0.3, 0.4) is 0 Å². The minimum atomic E-state index is -0.315. The lowest BCUT2D eigenvalue weighted by atomic mass is 9.97. The Morgan fingerprint density at radius 2 is 2.14 bits per heavy atom. The molecule has 2 N–H and O–H groups in total. The molecule has 3 heterocycles. The summed E-state index contributed by atoms with van der Waals surface area (Å²) < 4.78 is 20.1. The molecule has 5 rings (SSSR count). The number of nitrogens with zero attached hydrogens (tertiary/aromatic N) is 2. The molecule has 8 heteroatoms. The molecular formula is C20H17FN4O2S+. The van der Waals surface area contributed by atoms with E-state index >= 15 is 0 Å². The number of aliphatic imine (C=N–C) groups is 1. The summed E-state index contributed by atoms with van der Waals surface area (Å²) in [5.74, 6) is 0.189. The highest BCUT2D eigenvalue weighted by Crippen LogP contribution is 2.47. The van der Waals surface area contributed by atoms with Crippen molar-refractivity contribution in [2.24, 2.45) is 4.99 Å². The number of carbonyl (C=O) groups is 1. The summed E-state index contributed by atoms with van der Waals surface area (Å²) in [6, 6.07) is 12.2. The number of nitrogens with one attached hydrogen (secondary N) is 2. The van der Waals surface area contributed by atoms with Crippen molar-refractivity contribution in [2.45, 2.75) is 18.2 Å². The molecule has 2 unspecified atom stereocenters. The van der Waals surface area contributed by atoms with Gasteiger partial charge in [0.2, 0.25) is 5.70 Å². The first-order chi connectivity index (χ1) is 13.6. The van der Waals surface area contributed by atoms with Crippen LogP contribution in [0, 0.1) is 5.82 Å². The number of carbonyl (C=O) groups excluding carboxylic acids is 1. The van der Waals surface area contributed by atoms with E-state index in [4.69, 9.17) is 4.74 Å². The van der Waals surface area contributed by atoms with E-state index in [9.17, 15) is 9.18 Å². The zero-order valence-electron chi connectivity index (χ0n) is 15.0. The second-order valence-corrected chi connectivity index (χ2v) is 7.89. The molecule has 0 saturated carbocycles. The molecule has 28 heavy (non-hydrogen) atoms. The first-order valence-electron chi connectivity index (χ1n) is 8.89. The predicted molar refractivity (Wildman–Crippen MR) is 107 cm³/mol. The van der Waals surface area contributed by atoms with Gasteiger partial charge in [0.1, 0.15) is 17.6 Å². The van der Waals surface area contributed by atoms with Crippen molar-refractivity contribution in [1.29, 1.82) is 0 Å². The van der Waals surface area contributed by atoms with Gasteiger partial charge >= 0.3 is 5.17 Å². The predicted octanol–water partition coefficient (Wildman–Crippen LogP) is 3.56. The average molecular weight is 396 g/mol. The first kappa shape index (κ1) is 17.4.